The van der Waals surface area contributed by atoms with Gasteiger partial charge in [0.2, 0.25) is 0 Å². The fraction of sp³-hybridized carbons (Fsp3) is 0.474. The van der Waals surface area contributed by atoms with Crippen molar-refractivity contribution in [3.63, 3.8) is 0 Å². The SMILES string of the molecule is COc1ccc(S(=O)(=O)CCN2CCCC2)cc1S(=O)(=O)NC1=CC=CCC1. The van der Waals surface area contributed by atoms with E-state index in [1.165, 1.54) is 25.3 Å². The van der Waals surface area contributed by atoms with Gasteiger partial charge < -0.3 is 9.64 Å². The molecule has 7 nitrogen and oxygen atoms in total. The molecule has 0 unspecified atom stereocenters. The van der Waals surface area contributed by atoms with Crippen LogP contribution in [0.3, 0.4) is 0 Å². The number of sulfonamides is 1. The number of allylic oxidation sites excluding steroid dienone is 4. The molecule has 1 aromatic rings. The number of hydrogen-bond donors (Lipinski definition) is 1. The lowest BCUT2D eigenvalue weighted by Gasteiger charge is -2.17. The minimum absolute atomic E-state index is 0.00890. The Morgan fingerprint density at radius 1 is 1.14 bits per heavy atom. The van der Waals surface area contributed by atoms with Gasteiger partial charge in [-0.25, -0.2) is 16.8 Å². The van der Waals surface area contributed by atoms with Crippen LogP contribution in [0.25, 0.3) is 0 Å². The quantitative estimate of drug-likeness (QED) is 0.684. The normalized spacial score (nSPS) is 18.1. The van der Waals surface area contributed by atoms with E-state index in [0.29, 0.717) is 18.7 Å². The minimum Gasteiger partial charge on any atom is -0.495 e. The number of methoxy groups -OCH3 is 1. The number of nitrogens with one attached hydrogen (secondary N) is 1. The van der Waals surface area contributed by atoms with Gasteiger partial charge in [-0.1, -0.05) is 12.2 Å². The third kappa shape index (κ3) is 4.95. The molecule has 0 spiro atoms. The molecule has 0 saturated carbocycles. The van der Waals surface area contributed by atoms with Gasteiger partial charge in [0.05, 0.1) is 17.8 Å². The van der Waals surface area contributed by atoms with Gasteiger partial charge in [0.25, 0.3) is 10.0 Å². The number of rotatable bonds is 8. The first kappa shape index (κ1) is 20.9. The third-order valence-corrected chi connectivity index (χ3v) is 8.06. The number of benzene rings is 1. The van der Waals surface area contributed by atoms with Gasteiger partial charge in [-0.05, 0) is 63.0 Å². The minimum atomic E-state index is -3.97. The predicted molar refractivity (Wildman–Crippen MR) is 107 cm³/mol. The third-order valence-electron chi connectivity index (χ3n) is 4.94. The molecule has 1 N–H and O–H groups in total. The van der Waals surface area contributed by atoms with Crippen molar-refractivity contribution < 1.29 is 21.6 Å². The van der Waals surface area contributed by atoms with Gasteiger partial charge in [0, 0.05) is 12.2 Å². The Balaban J connectivity index is 1.86. The number of hydrogen-bond acceptors (Lipinski definition) is 6. The van der Waals surface area contributed by atoms with Gasteiger partial charge in [-0.2, -0.15) is 0 Å². The van der Waals surface area contributed by atoms with Crippen LogP contribution in [0, 0.1) is 0 Å². The van der Waals surface area contributed by atoms with Crippen molar-refractivity contribution in [2.75, 3.05) is 32.5 Å². The summed E-state index contributed by atoms with van der Waals surface area (Å²) < 4.78 is 59.0. The highest BCUT2D eigenvalue weighted by molar-refractivity contribution is 7.91. The van der Waals surface area contributed by atoms with Crippen LogP contribution in [-0.4, -0.2) is 54.2 Å². The van der Waals surface area contributed by atoms with E-state index < -0.39 is 19.9 Å². The van der Waals surface area contributed by atoms with Gasteiger partial charge in [-0.3, -0.25) is 4.72 Å². The van der Waals surface area contributed by atoms with Crippen molar-refractivity contribution in [2.24, 2.45) is 0 Å². The first-order valence-electron chi connectivity index (χ1n) is 9.33. The summed E-state index contributed by atoms with van der Waals surface area (Å²) in [5.74, 6) is 0.0697. The van der Waals surface area contributed by atoms with Crippen molar-refractivity contribution in [3.8, 4) is 5.75 Å². The van der Waals surface area contributed by atoms with E-state index in [0.717, 1.165) is 32.4 Å². The zero-order valence-corrected chi connectivity index (χ0v) is 17.6. The van der Waals surface area contributed by atoms with E-state index in [4.69, 9.17) is 4.74 Å². The molecule has 0 radical (unpaired) electrons. The van der Waals surface area contributed by atoms with Crippen LogP contribution in [0.1, 0.15) is 25.7 Å². The van der Waals surface area contributed by atoms with Crippen LogP contribution in [-0.2, 0) is 19.9 Å². The first-order chi connectivity index (χ1) is 13.3. The lowest BCUT2D eigenvalue weighted by Crippen LogP contribution is -2.27. The Hall–Kier alpha value is -1.84. The molecule has 28 heavy (non-hydrogen) atoms. The van der Waals surface area contributed by atoms with Crippen LogP contribution in [0.4, 0.5) is 0 Å². The summed E-state index contributed by atoms with van der Waals surface area (Å²) in [6.07, 6.45) is 8.93. The number of sulfone groups is 1. The maximum atomic E-state index is 12.9. The van der Waals surface area contributed by atoms with Crippen molar-refractivity contribution in [3.05, 3.63) is 42.1 Å². The second-order valence-corrected chi connectivity index (χ2v) is 10.7. The standard InChI is InChI=1S/C19H26N2O5S2/c1-26-18-10-9-17(27(22,23)14-13-21-11-5-6-12-21)15-19(18)28(24,25)20-16-7-3-2-4-8-16/h2-3,7,9-10,15,20H,4-6,8,11-14H2,1H3. The average molecular weight is 427 g/mol. The van der Waals surface area contributed by atoms with Crippen molar-refractivity contribution in [1.82, 2.24) is 9.62 Å². The van der Waals surface area contributed by atoms with E-state index in [1.807, 2.05) is 6.08 Å². The zero-order valence-electron chi connectivity index (χ0n) is 15.9. The Labute approximate surface area is 167 Å². The highest BCUT2D eigenvalue weighted by atomic mass is 32.2. The highest BCUT2D eigenvalue weighted by Crippen LogP contribution is 2.28. The summed E-state index contributed by atoms with van der Waals surface area (Å²) in [6.45, 7) is 2.27. The van der Waals surface area contributed by atoms with Gasteiger partial charge in [-0.15, -0.1) is 0 Å². The van der Waals surface area contributed by atoms with Crippen LogP contribution in [0.2, 0.25) is 0 Å². The molecular weight excluding hydrogens is 400 g/mol. The largest absolute Gasteiger partial charge is 0.495 e. The fourth-order valence-corrected chi connectivity index (χ4v) is 6.05. The molecular formula is C19H26N2O5S2. The molecule has 2 aliphatic rings. The molecule has 0 atom stereocenters. The lowest BCUT2D eigenvalue weighted by atomic mass is 10.1. The molecule has 9 heteroatoms. The molecule has 1 aliphatic heterocycles. The molecule has 0 amide bonds. The number of ether oxygens (including phenoxy) is 1. The Morgan fingerprint density at radius 3 is 2.54 bits per heavy atom. The van der Waals surface area contributed by atoms with E-state index in [2.05, 4.69) is 9.62 Å². The van der Waals surface area contributed by atoms with Crippen molar-refractivity contribution in [1.29, 1.82) is 0 Å². The number of nitrogens with zero attached hydrogens (tertiary/aromatic N) is 1. The average Bonchev–Trinajstić information content (AvgIpc) is 3.20. The second kappa shape index (κ2) is 8.67. The maximum absolute atomic E-state index is 12.9. The molecule has 1 aromatic carbocycles. The Bertz CT molecular complexity index is 976. The molecule has 1 aliphatic carbocycles. The lowest BCUT2D eigenvalue weighted by molar-refractivity contribution is 0.359. The van der Waals surface area contributed by atoms with E-state index in [-0.39, 0.29) is 21.3 Å². The number of likely N-dealkylation sites (tertiary alicyclic amines) is 1. The second-order valence-electron chi connectivity index (χ2n) is 6.94. The molecule has 154 valence electrons. The topological polar surface area (TPSA) is 92.8 Å². The van der Waals surface area contributed by atoms with Gasteiger partial charge in [0.15, 0.2) is 9.84 Å². The van der Waals surface area contributed by atoms with Crippen molar-refractivity contribution in [2.45, 2.75) is 35.5 Å². The molecule has 1 heterocycles. The summed E-state index contributed by atoms with van der Waals surface area (Å²) in [4.78, 5) is 1.93. The monoisotopic (exact) mass is 426 g/mol. The summed E-state index contributed by atoms with van der Waals surface area (Å²) in [7, 11) is -6.21. The fourth-order valence-electron chi connectivity index (χ4n) is 3.35. The zero-order chi connectivity index (χ0) is 20.2. The van der Waals surface area contributed by atoms with Crippen LogP contribution in [0.5, 0.6) is 5.75 Å². The van der Waals surface area contributed by atoms with Crippen LogP contribution in [0.15, 0.2) is 51.9 Å². The molecule has 1 saturated heterocycles. The summed E-state index contributed by atoms with van der Waals surface area (Å²) in [6, 6.07) is 3.99. The molecule has 0 aromatic heterocycles. The molecule has 0 bridgehead atoms. The Morgan fingerprint density at radius 2 is 1.89 bits per heavy atom. The highest BCUT2D eigenvalue weighted by Gasteiger charge is 2.25. The molecule has 3 rings (SSSR count). The van der Waals surface area contributed by atoms with Gasteiger partial charge in [0.1, 0.15) is 10.6 Å². The van der Waals surface area contributed by atoms with Crippen LogP contribution < -0.4 is 9.46 Å². The van der Waals surface area contributed by atoms with E-state index >= 15 is 0 Å². The van der Waals surface area contributed by atoms with Crippen LogP contribution >= 0.6 is 0 Å². The van der Waals surface area contributed by atoms with E-state index in [9.17, 15) is 16.8 Å². The van der Waals surface area contributed by atoms with E-state index in [1.54, 1.807) is 12.2 Å². The summed E-state index contributed by atoms with van der Waals surface area (Å²) >= 11 is 0. The van der Waals surface area contributed by atoms with Gasteiger partial charge >= 0.3 is 0 Å². The summed E-state index contributed by atoms with van der Waals surface area (Å²) in [5, 5.41) is 0. The predicted octanol–water partition coefficient (Wildman–Crippen LogP) is 2.08. The van der Waals surface area contributed by atoms with Crippen molar-refractivity contribution >= 4 is 19.9 Å². The Kier molecular flexibility index (Phi) is 6.47. The smallest absolute Gasteiger partial charge is 0.265 e. The maximum Gasteiger partial charge on any atom is 0.265 e. The molecule has 1 fully saturated rings. The summed E-state index contributed by atoms with van der Waals surface area (Å²) in [5.41, 5.74) is 0.562. The first-order valence-corrected chi connectivity index (χ1v) is 12.5.